The summed E-state index contributed by atoms with van der Waals surface area (Å²) in [5.41, 5.74) is 29.0. The number of anilines is 4. The molecule has 0 fully saturated rings. The summed E-state index contributed by atoms with van der Waals surface area (Å²) in [7, 11) is 0. The molecular formula is C64H62N6O10. The largest absolute Gasteiger partial charge is 0.481 e. The highest BCUT2D eigenvalue weighted by atomic mass is 16.4. The van der Waals surface area contributed by atoms with Crippen LogP contribution in [0, 0.1) is 0 Å². The third-order valence-corrected chi connectivity index (χ3v) is 11.6. The summed E-state index contributed by atoms with van der Waals surface area (Å²) in [4.78, 5) is 85.6. The van der Waals surface area contributed by atoms with Gasteiger partial charge in [0, 0.05) is 42.0 Å². The highest BCUT2D eigenvalue weighted by molar-refractivity contribution is 6.12. The van der Waals surface area contributed by atoms with E-state index >= 15 is 0 Å². The van der Waals surface area contributed by atoms with Crippen LogP contribution in [-0.4, -0.2) is 67.9 Å². The Morgan fingerprint density at radius 1 is 0.412 bits per heavy atom. The van der Waals surface area contributed by atoms with Crippen LogP contribution in [0.5, 0.6) is 0 Å². The number of para-hydroxylation sites is 2. The van der Waals surface area contributed by atoms with Crippen molar-refractivity contribution in [3.63, 3.8) is 0 Å². The molecule has 10 N–H and O–H groups in total. The number of hydrogen-bond donors (Lipinski definition) is 7. The van der Waals surface area contributed by atoms with E-state index in [0.29, 0.717) is 57.0 Å². The summed E-state index contributed by atoms with van der Waals surface area (Å²) >= 11 is 0. The minimum Gasteiger partial charge on any atom is -0.481 e. The van der Waals surface area contributed by atoms with E-state index in [4.69, 9.17) is 37.3 Å². The molecule has 2 heterocycles. The maximum absolute atomic E-state index is 12.1. The third-order valence-electron chi connectivity index (χ3n) is 11.6. The fourth-order valence-electron chi connectivity index (χ4n) is 7.81. The molecule has 1 amide bonds. The Morgan fingerprint density at radius 2 is 0.775 bits per heavy atom. The molecule has 0 unspecified atom stereocenters. The smallest absolute Gasteiger partial charge is 0.336 e. The first kappa shape index (κ1) is 61.9. The number of amides is 1. The maximum atomic E-state index is 12.1. The summed E-state index contributed by atoms with van der Waals surface area (Å²) < 4.78 is 0. The summed E-state index contributed by atoms with van der Waals surface area (Å²) in [5, 5.41) is 27.6. The normalized spacial score (nSPS) is 10.8. The number of carboxylic acid groups (broad SMARTS) is 3. The lowest BCUT2D eigenvalue weighted by Gasteiger charge is -2.11. The fraction of sp³-hybridized carbons (Fsp3) is 0.109. The number of aliphatic imine (C=N–C) groups is 2. The van der Waals surface area contributed by atoms with Gasteiger partial charge in [0.1, 0.15) is 0 Å². The van der Waals surface area contributed by atoms with E-state index in [2.05, 4.69) is 27.4 Å². The minimum absolute atomic E-state index is 0. The molecule has 0 aliphatic carbocycles. The molecule has 8 aromatic carbocycles. The number of Topliss-reactive ketones (excluding diaryl/α,β-unsaturated/α-hetero) is 3. The number of carbonyl (C=O) groups is 7. The molecule has 10 rings (SSSR count). The molecule has 16 heteroatoms. The van der Waals surface area contributed by atoms with Gasteiger partial charge in [0.25, 0.3) is 11.9 Å². The third kappa shape index (κ3) is 17.7. The number of aliphatic carboxylic acids is 1. The van der Waals surface area contributed by atoms with Gasteiger partial charge in [0.2, 0.25) is 0 Å². The lowest BCUT2D eigenvalue weighted by atomic mass is 9.98. The zero-order valence-corrected chi connectivity index (χ0v) is 43.7. The van der Waals surface area contributed by atoms with Crippen LogP contribution in [0.25, 0.3) is 0 Å². The standard InChI is InChI=1S/C16H13NO.C15H14N2O2.C15H11NO2.C8H10N2O.C7H6O2.C2H4O2.CH4/c1-11(18)13-8-5-9-15-14(13)10-16(17-15)12-6-3-2-4-7-12;1-10(18)12-8-5-9-13(16)14(12)17-15(19)11-6-3-2-4-7-11;17-15(18)11-7-4-8-13-12(11)9-14(16-13)10-5-2-1-3-6-10;1-5(11)6-3-2-4-7(9)8(6)10;8-7(9)6-4-2-1-3-5-6;1-2(3)4;/h2-9H,10H2,1H3;2-9H,16H2,1H3,(H,17,19);1-8H,9H2,(H,17,18);2-4H,9-10H2,1H3;1-5H,(H,8,9);1H3,(H,3,4);1H4. The van der Waals surface area contributed by atoms with Gasteiger partial charge in [0.15, 0.2) is 17.3 Å². The van der Waals surface area contributed by atoms with Crippen LogP contribution in [0.1, 0.15) is 120 Å². The number of rotatable bonds is 9. The lowest BCUT2D eigenvalue weighted by molar-refractivity contribution is -0.134. The SMILES string of the molecule is C.CC(=O)O.CC(=O)c1cccc(N)c1N.CC(=O)c1cccc(N)c1NC(=O)c1ccccc1.CC(=O)c1cccc2c1CC(c1ccccc1)=N2.O=C(O)c1cccc2c1CC(c1ccccc1)=N2.O=C(O)c1ccccc1. The van der Waals surface area contributed by atoms with Gasteiger partial charge in [-0.25, -0.2) is 9.59 Å². The Morgan fingerprint density at radius 3 is 1.18 bits per heavy atom. The second kappa shape index (κ2) is 30.2. The number of ketones is 3. The van der Waals surface area contributed by atoms with Crippen LogP contribution in [0.15, 0.2) is 204 Å². The molecule has 0 bridgehead atoms. The van der Waals surface area contributed by atoms with Crippen molar-refractivity contribution in [2.75, 3.05) is 22.5 Å². The van der Waals surface area contributed by atoms with Crippen molar-refractivity contribution in [2.24, 2.45) is 9.98 Å². The predicted molar refractivity (Wildman–Crippen MR) is 317 cm³/mol. The number of carboxylic acids is 3. The lowest BCUT2D eigenvalue weighted by Crippen LogP contribution is -2.15. The predicted octanol–water partition coefficient (Wildman–Crippen LogP) is 12.5. The Bertz CT molecular complexity index is 3430. The van der Waals surface area contributed by atoms with Crippen molar-refractivity contribution in [3.05, 3.63) is 250 Å². The molecule has 0 saturated heterocycles. The highest BCUT2D eigenvalue weighted by Crippen LogP contribution is 2.33. The van der Waals surface area contributed by atoms with Crippen LogP contribution in [-0.2, 0) is 17.6 Å². The van der Waals surface area contributed by atoms with Crippen LogP contribution in [0.2, 0.25) is 0 Å². The van der Waals surface area contributed by atoms with Gasteiger partial charge < -0.3 is 37.8 Å². The van der Waals surface area contributed by atoms with Crippen molar-refractivity contribution in [1.82, 2.24) is 0 Å². The zero-order valence-electron chi connectivity index (χ0n) is 43.7. The number of nitrogens with zero attached hydrogens (tertiary/aromatic N) is 2. The van der Waals surface area contributed by atoms with Crippen LogP contribution >= 0.6 is 0 Å². The van der Waals surface area contributed by atoms with Crippen molar-refractivity contribution in [1.29, 1.82) is 0 Å². The Balaban J connectivity index is 0.000000216. The molecule has 0 atom stereocenters. The van der Waals surface area contributed by atoms with Crippen molar-refractivity contribution in [3.8, 4) is 0 Å². The second-order valence-electron chi connectivity index (χ2n) is 17.4. The first-order chi connectivity index (χ1) is 37.8. The number of nitrogens with one attached hydrogen (secondary N) is 1. The molecule has 8 aromatic rings. The monoisotopic (exact) mass is 1070 g/mol. The Kier molecular flexibility index (Phi) is 23.4. The topological polar surface area (TPSA) is 295 Å². The average Bonchev–Trinajstić information content (AvgIpc) is 4.18. The van der Waals surface area contributed by atoms with Gasteiger partial charge in [-0.1, -0.05) is 135 Å². The molecule has 0 saturated carbocycles. The van der Waals surface area contributed by atoms with Gasteiger partial charge in [-0.3, -0.25) is 34.0 Å². The maximum Gasteiger partial charge on any atom is 0.336 e. The second-order valence-corrected chi connectivity index (χ2v) is 17.4. The zero-order chi connectivity index (χ0) is 57.6. The van der Waals surface area contributed by atoms with E-state index in [1.807, 2.05) is 78.9 Å². The van der Waals surface area contributed by atoms with E-state index in [1.54, 1.807) is 110 Å². The van der Waals surface area contributed by atoms with Gasteiger partial charge in [-0.15, -0.1) is 0 Å². The van der Waals surface area contributed by atoms with Crippen molar-refractivity contribution in [2.45, 2.75) is 48.0 Å². The summed E-state index contributed by atoms with van der Waals surface area (Å²) in [6, 6.07) is 58.0. The number of hydrogen-bond acceptors (Lipinski definition) is 12. The van der Waals surface area contributed by atoms with E-state index in [0.717, 1.165) is 64.0 Å². The van der Waals surface area contributed by atoms with Gasteiger partial charge >= 0.3 is 11.9 Å². The molecule has 2 aliphatic rings. The molecular weight excluding hydrogens is 1010 g/mol. The molecule has 80 heavy (non-hydrogen) atoms. The summed E-state index contributed by atoms with van der Waals surface area (Å²) in [5.74, 6) is -2.99. The minimum atomic E-state index is -0.892. The summed E-state index contributed by atoms with van der Waals surface area (Å²) in [6.45, 7) is 5.59. The van der Waals surface area contributed by atoms with E-state index in [1.165, 1.54) is 13.8 Å². The van der Waals surface area contributed by atoms with Gasteiger partial charge in [-0.05, 0) is 110 Å². The molecule has 0 radical (unpaired) electrons. The number of benzene rings is 8. The molecule has 0 spiro atoms. The molecule has 2 aliphatic heterocycles. The summed E-state index contributed by atoms with van der Waals surface area (Å²) in [6.07, 6.45) is 1.33. The average molecular weight is 1080 g/mol. The van der Waals surface area contributed by atoms with E-state index < -0.39 is 17.9 Å². The quantitative estimate of drug-likeness (QED) is 0.0523. The number of carbonyl (C=O) groups excluding carboxylic acids is 4. The van der Waals surface area contributed by atoms with Crippen molar-refractivity contribution >= 4 is 86.7 Å². The van der Waals surface area contributed by atoms with Gasteiger partial charge in [0.05, 0.1) is 56.7 Å². The van der Waals surface area contributed by atoms with E-state index in [9.17, 15) is 28.8 Å². The Hall–Kier alpha value is -10.6. The van der Waals surface area contributed by atoms with Crippen LogP contribution in [0.3, 0.4) is 0 Å². The van der Waals surface area contributed by atoms with Crippen LogP contribution in [0.4, 0.5) is 34.1 Å². The fourth-order valence-corrected chi connectivity index (χ4v) is 7.81. The van der Waals surface area contributed by atoms with Crippen LogP contribution < -0.4 is 22.5 Å². The Labute approximate surface area is 464 Å². The highest BCUT2D eigenvalue weighted by Gasteiger charge is 2.23. The van der Waals surface area contributed by atoms with Crippen molar-refractivity contribution < 1.29 is 48.9 Å². The van der Waals surface area contributed by atoms with E-state index in [-0.39, 0.29) is 30.7 Å². The first-order valence-electron chi connectivity index (χ1n) is 24.4. The molecule has 16 nitrogen and oxygen atoms in total. The molecule has 408 valence electrons. The number of nitrogens with two attached hydrogens (primary N) is 3. The number of fused-ring (bicyclic) bond motifs is 2. The van der Waals surface area contributed by atoms with Gasteiger partial charge in [-0.2, -0.15) is 0 Å². The number of aromatic carboxylic acids is 2. The number of nitrogen functional groups attached to an aromatic ring is 3. The first-order valence-corrected chi connectivity index (χ1v) is 24.4. The molecule has 0 aromatic heterocycles.